The molecule has 0 aromatic carbocycles. The van der Waals surface area contributed by atoms with Gasteiger partial charge in [0.1, 0.15) is 0 Å². The molecular formula is C10H22F3P. The van der Waals surface area contributed by atoms with E-state index in [-0.39, 0.29) is 7.92 Å². The fourth-order valence-electron chi connectivity index (χ4n) is 1.79. The third-order valence-corrected chi connectivity index (χ3v) is 5.37. The quantitative estimate of drug-likeness (QED) is 0.606. The molecule has 4 heteroatoms. The lowest BCUT2D eigenvalue weighted by molar-refractivity contribution is 0.00819. The van der Waals surface area contributed by atoms with Gasteiger partial charge in [-0.05, 0) is 17.0 Å². The minimum atomic E-state index is -3.67. The summed E-state index contributed by atoms with van der Waals surface area (Å²) < 4.78 is 29.0. The van der Waals surface area contributed by atoms with E-state index < -0.39 is 6.68 Å². The molecule has 0 rings (SSSR count). The predicted molar refractivity (Wildman–Crippen MR) is 59.4 cm³/mol. The van der Waals surface area contributed by atoms with E-state index in [0.29, 0.717) is 0 Å². The van der Waals surface area contributed by atoms with E-state index in [1.54, 1.807) is 0 Å². The molecule has 0 heterocycles. The average molecular weight is 230 g/mol. The molecule has 0 bridgehead atoms. The number of hydrogen-bond donors (Lipinski definition) is 0. The van der Waals surface area contributed by atoms with Crippen molar-refractivity contribution < 1.29 is 13.2 Å². The Labute approximate surface area is 87.0 Å². The van der Waals surface area contributed by atoms with E-state index in [1.807, 2.05) is 0 Å². The smallest absolute Gasteiger partial charge is 0.174 e. The molecule has 0 fully saturated rings. The Morgan fingerprint density at radius 3 is 0.786 bits per heavy atom. The van der Waals surface area contributed by atoms with Gasteiger partial charge in [0.15, 0.2) is 0 Å². The van der Waals surface area contributed by atoms with Crippen LogP contribution in [0, 0.1) is 0 Å². The maximum atomic E-state index is 9.67. The van der Waals surface area contributed by atoms with Gasteiger partial charge in [0.2, 0.25) is 0 Å². The number of halogens is 3. The summed E-state index contributed by atoms with van der Waals surface area (Å²) in [6, 6.07) is 0. The summed E-state index contributed by atoms with van der Waals surface area (Å²) in [7, 11) is 0.262. The molecule has 0 aliphatic rings. The highest BCUT2D eigenvalue weighted by molar-refractivity contribution is 7.59. The van der Waals surface area contributed by atoms with Crippen molar-refractivity contribution in [2.45, 2.75) is 65.2 Å². The van der Waals surface area contributed by atoms with E-state index in [4.69, 9.17) is 0 Å². The van der Waals surface area contributed by atoms with Crippen LogP contribution in [0.15, 0.2) is 0 Å². The predicted octanol–water partition coefficient (Wildman–Crippen LogP) is 4.87. The van der Waals surface area contributed by atoms with E-state index in [2.05, 4.69) is 41.5 Å². The first-order valence-electron chi connectivity index (χ1n) is 4.89. The van der Waals surface area contributed by atoms with Crippen molar-refractivity contribution in [3.8, 4) is 0 Å². The normalized spacial score (nSPS) is 11.6. The van der Waals surface area contributed by atoms with Crippen molar-refractivity contribution in [3.05, 3.63) is 0 Å². The summed E-state index contributed by atoms with van der Waals surface area (Å²) >= 11 is 0. The summed E-state index contributed by atoms with van der Waals surface area (Å²) in [5.41, 5.74) is 2.69. The lowest BCUT2D eigenvalue weighted by atomic mass is 10.5. The Morgan fingerprint density at radius 1 is 0.643 bits per heavy atom. The summed E-state index contributed by atoms with van der Waals surface area (Å²) in [6.07, 6.45) is 0. The first-order chi connectivity index (χ1) is 6.20. The molecule has 0 saturated heterocycles. The molecule has 0 aliphatic heterocycles. The third kappa shape index (κ3) is 10.3. The molecule has 0 unspecified atom stereocenters. The van der Waals surface area contributed by atoms with Crippen molar-refractivity contribution in [3.63, 3.8) is 0 Å². The van der Waals surface area contributed by atoms with Gasteiger partial charge >= 0.3 is 6.68 Å². The maximum absolute atomic E-state index is 9.67. The third-order valence-electron chi connectivity index (χ3n) is 1.79. The van der Waals surface area contributed by atoms with E-state index in [1.165, 1.54) is 0 Å². The van der Waals surface area contributed by atoms with Crippen molar-refractivity contribution in [2.75, 3.05) is 0 Å². The molecule has 0 spiro atoms. The maximum Gasteiger partial charge on any atom is 0.379 e. The van der Waals surface area contributed by atoms with Gasteiger partial charge < -0.3 is 0 Å². The monoisotopic (exact) mass is 230 g/mol. The van der Waals surface area contributed by atoms with Crippen LogP contribution in [-0.2, 0) is 0 Å². The van der Waals surface area contributed by atoms with Crippen molar-refractivity contribution >= 4 is 7.92 Å². The van der Waals surface area contributed by atoms with Gasteiger partial charge in [-0.15, -0.1) is 0 Å². The second kappa shape index (κ2) is 8.52. The van der Waals surface area contributed by atoms with Gasteiger partial charge in [-0.2, -0.15) is 13.2 Å². The zero-order chi connectivity index (χ0) is 11.9. The number of rotatable bonds is 3. The van der Waals surface area contributed by atoms with Gasteiger partial charge in [-0.25, -0.2) is 0 Å². The Balaban J connectivity index is 0. The first-order valence-corrected chi connectivity index (χ1v) is 6.44. The van der Waals surface area contributed by atoms with Crippen LogP contribution in [0.2, 0.25) is 0 Å². The van der Waals surface area contributed by atoms with Gasteiger partial charge in [0.05, 0.1) is 0 Å². The molecule has 88 valence electrons. The van der Waals surface area contributed by atoms with E-state index in [9.17, 15) is 13.2 Å². The van der Waals surface area contributed by atoms with Gasteiger partial charge in [-0.3, -0.25) is 0 Å². The van der Waals surface area contributed by atoms with Gasteiger partial charge in [0.25, 0.3) is 0 Å². The number of hydrogen-bond acceptors (Lipinski definition) is 0. The molecule has 0 atom stereocenters. The lowest BCUT2D eigenvalue weighted by Gasteiger charge is -2.29. The highest BCUT2D eigenvalue weighted by Gasteiger charge is 2.19. The lowest BCUT2D eigenvalue weighted by Crippen LogP contribution is -2.10. The topological polar surface area (TPSA) is 0 Å². The van der Waals surface area contributed by atoms with Crippen LogP contribution in [0.5, 0.6) is 0 Å². The zero-order valence-corrected chi connectivity index (χ0v) is 10.8. The fraction of sp³-hybridized carbons (Fsp3) is 1.00. The minimum absolute atomic E-state index is 0.262. The van der Waals surface area contributed by atoms with Crippen LogP contribution in [0.3, 0.4) is 0 Å². The fourth-order valence-corrected chi connectivity index (χ4v) is 5.37. The second-order valence-electron chi connectivity index (χ2n) is 3.98. The molecule has 0 N–H and O–H groups in total. The summed E-state index contributed by atoms with van der Waals surface area (Å²) in [6.45, 7) is 10.5. The Hall–Kier alpha value is 0.220. The van der Waals surface area contributed by atoms with Crippen LogP contribution in [0.1, 0.15) is 41.5 Å². The van der Waals surface area contributed by atoms with Crippen LogP contribution in [0.25, 0.3) is 0 Å². The second-order valence-corrected chi connectivity index (χ2v) is 7.97. The van der Waals surface area contributed by atoms with Crippen molar-refractivity contribution in [1.82, 2.24) is 0 Å². The molecule has 0 aromatic rings. The van der Waals surface area contributed by atoms with Crippen molar-refractivity contribution in [1.29, 1.82) is 0 Å². The average Bonchev–Trinajstić information content (AvgIpc) is 1.80. The SMILES string of the molecule is CC(C)P(C(C)C)C(C)C.FC(F)F. The van der Waals surface area contributed by atoms with Crippen LogP contribution in [0.4, 0.5) is 13.2 Å². The summed E-state index contributed by atoms with van der Waals surface area (Å²) in [5, 5.41) is 0. The molecule has 0 saturated carbocycles. The van der Waals surface area contributed by atoms with Crippen LogP contribution < -0.4 is 0 Å². The molecule has 0 radical (unpaired) electrons. The van der Waals surface area contributed by atoms with Gasteiger partial charge in [-0.1, -0.05) is 49.5 Å². The van der Waals surface area contributed by atoms with Gasteiger partial charge in [0, 0.05) is 0 Å². The highest BCUT2D eigenvalue weighted by atomic mass is 31.1. The molecule has 0 aliphatic carbocycles. The van der Waals surface area contributed by atoms with Crippen LogP contribution >= 0.6 is 7.92 Å². The number of alkyl halides is 3. The van der Waals surface area contributed by atoms with Crippen LogP contribution in [-0.4, -0.2) is 23.7 Å². The standard InChI is InChI=1S/C9H21P.CHF3/c1-7(2)10(8(3)4)9(5)6;2-1(3)4/h7-9H,1-6H3;1H. The first kappa shape index (κ1) is 16.6. The van der Waals surface area contributed by atoms with E-state index in [0.717, 1.165) is 17.0 Å². The Morgan fingerprint density at radius 2 is 0.786 bits per heavy atom. The molecule has 14 heavy (non-hydrogen) atoms. The zero-order valence-electron chi connectivity index (χ0n) is 9.89. The Kier molecular flexibility index (Phi) is 10.1. The minimum Gasteiger partial charge on any atom is -0.174 e. The van der Waals surface area contributed by atoms with E-state index >= 15 is 0 Å². The largest absolute Gasteiger partial charge is 0.379 e. The summed E-state index contributed by atoms with van der Waals surface area (Å²) in [5.74, 6) is 0. The molecular weight excluding hydrogens is 208 g/mol. The molecule has 0 amide bonds. The van der Waals surface area contributed by atoms with Crippen molar-refractivity contribution in [2.24, 2.45) is 0 Å². The summed E-state index contributed by atoms with van der Waals surface area (Å²) in [4.78, 5) is 0. The molecule has 0 aromatic heterocycles. The Bertz CT molecular complexity index is 103. The highest BCUT2D eigenvalue weighted by Crippen LogP contribution is 2.49. The molecule has 0 nitrogen and oxygen atoms in total.